The van der Waals surface area contributed by atoms with E-state index in [4.69, 9.17) is 0 Å². The molecule has 0 bridgehead atoms. The van der Waals surface area contributed by atoms with Crippen LogP contribution in [0, 0.1) is 0 Å². The molecule has 1 fully saturated rings. The number of amides is 1. The summed E-state index contributed by atoms with van der Waals surface area (Å²) in [6.45, 7) is 3.20. The molecule has 0 unspecified atom stereocenters. The quantitative estimate of drug-likeness (QED) is 0.798. The highest BCUT2D eigenvalue weighted by Crippen LogP contribution is 2.18. The number of aliphatic hydroxyl groups is 1. The Labute approximate surface area is 110 Å². The number of aliphatic hydroxyl groups excluding tert-OH is 1. The summed E-state index contributed by atoms with van der Waals surface area (Å²) < 4.78 is 3.86. The molecule has 0 aliphatic carbocycles. The maximum Gasteiger partial charge on any atom is 0.267 e. The highest BCUT2D eigenvalue weighted by Gasteiger charge is 2.33. The Bertz CT molecular complexity index is 423. The molecule has 0 radical (unpaired) electrons. The summed E-state index contributed by atoms with van der Waals surface area (Å²) in [5, 5.41) is 16.9. The zero-order valence-electron chi connectivity index (χ0n) is 10.6. The zero-order chi connectivity index (χ0) is 13.1. The number of nitrogens with one attached hydrogen (secondary N) is 1. The normalized spacial score (nSPS) is 23.3. The Kier molecular flexibility index (Phi) is 4.26. The van der Waals surface area contributed by atoms with Crippen molar-refractivity contribution in [1.82, 2.24) is 19.8 Å². The van der Waals surface area contributed by atoms with Gasteiger partial charge < -0.3 is 15.3 Å². The minimum atomic E-state index is -0.505. The number of aryl methyl sites for hydroxylation is 1. The fourth-order valence-corrected chi connectivity index (χ4v) is 2.82. The lowest BCUT2D eigenvalue weighted by Gasteiger charge is -2.25. The fourth-order valence-electron chi connectivity index (χ4n) is 2.13. The Hall–Kier alpha value is -1.05. The number of carbonyl (C=O) groups excluding carboxylic acids is 1. The highest BCUT2D eigenvalue weighted by molar-refractivity contribution is 7.08. The molecule has 1 aromatic heterocycles. The van der Waals surface area contributed by atoms with E-state index in [9.17, 15) is 9.90 Å². The molecule has 100 valence electrons. The molecule has 0 spiro atoms. The van der Waals surface area contributed by atoms with Gasteiger partial charge in [-0.3, -0.25) is 4.79 Å². The van der Waals surface area contributed by atoms with Gasteiger partial charge >= 0.3 is 0 Å². The summed E-state index contributed by atoms with van der Waals surface area (Å²) in [4.78, 5) is 14.5. The molecule has 2 N–H and O–H groups in total. The van der Waals surface area contributed by atoms with Gasteiger partial charge in [0.1, 0.15) is 4.88 Å². The Morgan fingerprint density at radius 3 is 3.00 bits per heavy atom. The lowest BCUT2D eigenvalue weighted by atomic mass is 10.1. The Morgan fingerprint density at radius 2 is 2.39 bits per heavy atom. The van der Waals surface area contributed by atoms with Crippen molar-refractivity contribution in [2.45, 2.75) is 31.9 Å². The maximum atomic E-state index is 12.4. The summed E-state index contributed by atoms with van der Waals surface area (Å²) in [5.41, 5.74) is 0.764. The predicted octanol–water partition coefficient (Wildman–Crippen LogP) is -0.105. The van der Waals surface area contributed by atoms with E-state index in [0.29, 0.717) is 18.0 Å². The van der Waals surface area contributed by atoms with E-state index in [1.165, 1.54) is 0 Å². The van der Waals surface area contributed by atoms with Crippen LogP contribution in [-0.2, 0) is 6.42 Å². The minimum absolute atomic E-state index is 0.0961. The van der Waals surface area contributed by atoms with Crippen LogP contribution in [0.1, 0.15) is 28.7 Å². The summed E-state index contributed by atoms with van der Waals surface area (Å²) in [5.74, 6) is -0.0961. The second-order valence-corrected chi connectivity index (χ2v) is 5.26. The van der Waals surface area contributed by atoms with Crippen molar-refractivity contribution in [2.24, 2.45) is 0 Å². The van der Waals surface area contributed by atoms with Crippen molar-refractivity contribution in [2.75, 3.05) is 20.1 Å². The van der Waals surface area contributed by atoms with Gasteiger partial charge in [0, 0.05) is 20.1 Å². The Morgan fingerprint density at radius 1 is 1.61 bits per heavy atom. The summed E-state index contributed by atoms with van der Waals surface area (Å²) in [6, 6.07) is -0.172. The molecule has 1 aliphatic rings. The van der Waals surface area contributed by atoms with E-state index >= 15 is 0 Å². The fraction of sp³-hybridized carbons (Fsp3) is 0.727. The lowest BCUT2D eigenvalue weighted by molar-refractivity contribution is 0.0584. The number of hydrogen-bond donors (Lipinski definition) is 2. The monoisotopic (exact) mass is 270 g/mol. The van der Waals surface area contributed by atoms with Crippen molar-refractivity contribution < 1.29 is 9.90 Å². The first-order valence-electron chi connectivity index (χ1n) is 6.12. The third-order valence-corrected chi connectivity index (χ3v) is 3.96. The van der Waals surface area contributed by atoms with Gasteiger partial charge in [0.25, 0.3) is 5.91 Å². The third kappa shape index (κ3) is 2.52. The average molecular weight is 270 g/mol. The molecule has 7 heteroatoms. The number of carbonyl (C=O) groups is 1. The van der Waals surface area contributed by atoms with Crippen LogP contribution in [0.5, 0.6) is 0 Å². The van der Waals surface area contributed by atoms with E-state index in [2.05, 4.69) is 14.9 Å². The summed E-state index contributed by atoms with van der Waals surface area (Å²) >= 11 is 1.13. The van der Waals surface area contributed by atoms with Crippen LogP contribution in [-0.4, -0.2) is 57.8 Å². The van der Waals surface area contributed by atoms with Crippen LogP contribution >= 0.6 is 11.5 Å². The van der Waals surface area contributed by atoms with Gasteiger partial charge in [-0.1, -0.05) is 17.8 Å². The van der Waals surface area contributed by atoms with Gasteiger partial charge in [0.2, 0.25) is 0 Å². The molecule has 2 atom stereocenters. The van der Waals surface area contributed by atoms with E-state index in [0.717, 1.165) is 30.1 Å². The molecule has 1 saturated heterocycles. The number of aromatic nitrogens is 2. The number of β-amino-alcohol motifs (C(OH)–C–C–N with tert-alkyl or cyclic N) is 1. The van der Waals surface area contributed by atoms with Crippen LogP contribution in [0.2, 0.25) is 0 Å². The Balaban J connectivity index is 2.12. The largest absolute Gasteiger partial charge is 0.390 e. The first-order chi connectivity index (χ1) is 8.65. The average Bonchev–Trinajstić information content (AvgIpc) is 2.97. The highest BCUT2D eigenvalue weighted by atomic mass is 32.1. The van der Waals surface area contributed by atoms with Gasteiger partial charge in [-0.2, -0.15) is 0 Å². The van der Waals surface area contributed by atoms with E-state index < -0.39 is 6.10 Å². The van der Waals surface area contributed by atoms with Crippen molar-refractivity contribution in [1.29, 1.82) is 0 Å². The smallest absolute Gasteiger partial charge is 0.267 e. The number of hydrogen-bond acceptors (Lipinski definition) is 6. The standard InChI is InChI=1S/C11H18N4O2S/c1-3-4-7-10(18-14-13-7)11(17)15(2)8-5-12-6-9(8)16/h8-9,12,16H,3-6H2,1-2H3/t8-,9-/m1/s1. The van der Waals surface area contributed by atoms with Crippen LogP contribution in [0.15, 0.2) is 0 Å². The van der Waals surface area contributed by atoms with E-state index in [1.807, 2.05) is 6.92 Å². The van der Waals surface area contributed by atoms with Gasteiger partial charge in [-0.25, -0.2) is 0 Å². The predicted molar refractivity (Wildman–Crippen MR) is 68.7 cm³/mol. The SMILES string of the molecule is CCCc1nnsc1C(=O)N(C)[C@@H]1CNC[C@H]1O. The molecular formula is C11H18N4O2S. The second-order valence-electron chi connectivity index (χ2n) is 4.51. The molecule has 1 amide bonds. The maximum absolute atomic E-state index is 12.4. The topological polar surface area (TPSA) is 78.4 Å². The molecule has 18 heavy (non-hydrogen) atoms. The number of likely N-dealkylation sites (N-methyl/N-ethyl adjacent to an activating group) is 1. The van der Waals surface area contributed by atoms with Gasteiger partial charge in [-0.05, 0) is 18.0 Å². The molecule has 0 aromatic carbocycles. The number of rotatable bonds is 4. The number of nitrogens with zero attached hydrogens (tertiary/aromatic N) is 3. The summed E-state index contributed by atoms with van der Waals surface area (Å²) in [7, 11) is 1.72. The lowest BCUT2D eigenvalue weighted by Crippen LogP contribution is -2.44. The van der Waals surface area contributed by atoms with Gasteiger partial charge in [0.15, 0.2) is 0 Å². The van der Waals surface area contributed by atoms with Crippen molar-refractivity contribution in [3.05, 3.63) is 10.6 Å². The zero-order valence-corrected chi connectivity index (χ0v) is 11.4. The first-order valence-corrected chi connectivity index (χ1v) is 6.89. The summed E-state index contributed by atoms with van der Waals surface area (Å²) in [6.07, 6.45) is 1.19. The van der Waals surface area contributed by atoms with Crippen molar-refractivity contribution in [3.63, 3.8) is 0 Å². The van der Waals surface area contributed by atoms with Crippen molar-refractivity contribution >= 4 is 17.4 Å². The first kappa shape index (κ1) is 13.4. The third-order valence-electron chi connectivity index (χ3n) is 3.21. The molecule has 2 heterocycles. The van der Waals surface area contributed by atoms with E-state index in [1.54, 1.807) is 11.9 Å². The molecule has 6 nitrogen and oxygen atoms in total. The second kappa shape index (κ2) is 5.73. The van der Waals surface area contributed by atoms with E-state index in [-0.39, 0.29) is 11.9 Å². The van der Waals surface area contributed by atoms with Gasteiger partial charge in [-0.15, -0.1) is 5.10 Å². The molecule has 0 saturated carbocycles. The molecule has 2 rings (SSSR count). The van der Waals surface area contributed by atoms with Crippen LogP contribution in [0.3, 0.4) is 0 Å². The molecule has 1 aliphatic heterocycles. The van der Waals surface area contributed by atoms with Crippen LogP contribution in [0.4, 0.5) is 0 Å². The minimum Gasteiger partial charge on any atom is -0.390 e. The molecular weight excluding hydrogens is 252 g/mol. The van der Waals surface area contributed by atoms with Crippen LogP contribution in [0.25, 0.3) is 0 Å². The van der Waals surface area contributed by atoms with Crippen LogP contribution < -0.4 is 5.32 Å². The van der Waals surface area contributed by atoms with Gasteiger partial charge in [0.05, 0.1) is 17.8 Å². The molecule has 1 aromatic rings. The van der Waals surface area contributed by atoms with Crippen molar-refractivity contribution in [3.8, 4) is 0 Å².